The zero-order chi connectivity index (χ0) is 21.3. The van der Waals surface area contributed by atoms with Gasteiger partial charge in [-0.1, -0.05) is 36.4 Å². The molecule has 154 valence electrons. The fourth-order valence-electron chi connectivity index (χ4n) is 2.97. The minimum Gasteiger partial charge on any atom is -0.497 e. The van der Waals surface area contributed by atoms with Crippen molar-refractivity contribution in [1.29, 1.82) is 0 Å². The van der Waals surface area contributed by atoms with E-state index in [2.05, 4.69) is 0 Å². The van der Waals surface area contributed by atoms with Crippen LogP contribution in [0.15, 0.2) is 60.7 Å². The van der Waals surface area contributed by atoms with Crippen LogP contribution in [0.3, 0.4) is 0 Å². The second kappa shape index (κ2) is 10.4. The van der Waals surface area contributed by atoms with Crippen LogP contribution in [0.1, 0.15) is 11.1 Å². The molecule has 0 saturated heterocycles. The maximum atomic E-state index is 11.8. The number of rotatable bonds is 11. The largest absolute Gasteiger partial charge is 0.497 e. The highest BCUT2D eigenvalue weighted by Gasteiger charge is 2.27. The Morgan fingerprint density at radius 2 is 1.52 bits per heavy atom. The van der Waals surface area contributed by atoms with Gasteiger partial charge in [0.2, 0.25) is 0 Å². The van der Waals surface area contributed by atoms with Crippen LogP contribution < -0.4 is 9.47 Å². The van der Waals surface area contributed by atoms with Crippen molar-refractivity contribution in [3.63, 3.8) is 0 Å². The third-order valence-electron chi connectivity index (χ3n) is 4.81. The number of aliphatic hydroxyl groups is 1. The number of hydrogen-bond donors (Lipinski definition) is 2. The van der Waals surface area contributed by atoms with Crippen molar-refractivity contribution in [2.75, 3.05) is 20.8 Å². The van der Waals surface area contributed by atoms with Crippen molar-refractivity contribution in [2.24, 2.45) is 11.3 Å². The molecule has 2 N–H and O–H groups in total. The molecule has 2 aromatic rings. The predicted octanol–water partition coefficient (Wildman–Crippen LogP) is 2.92. The van der Waals surface area contributed by atoms with Gasteiger partial charge in [0, 0.05) is 0 Å². The van der Waals surface area contributed by atoms with Crippen LogP contribution >= 0.6 is 0 Å². The summed E-state index contributed by atoms with van der Waals surface area (Å²) in [6.07, 6.45) is 4.17. The lowest BCUT2D eigenvalue weighted by Crippen LogP contribution is -2.28. The number of hydrogen-bond acceptors (Lipinski definition) is 5. The van der Waals surface area contributed by atoms with Crippen molar-refractivity contribution >= 4 is 12.3 Å². The average Bonchev–Trinajstić information content (AvgIpc) is 2.76. The first-order chi connectivity index (χ1) is 13.9. The van der Waals surface area contributed by atoms with Crippen molar-refractivity contribution in [3.8, 4) is 11.5 Å². The van der Waals surface area contributed by atoms with Gasteiger partial charge in [0.25, 0.3) is 0 Å². The molecule has 0 fully saturated rings. The first kappa shape index (κ1) is 22.2. The number of ether oxygens (including phenoxy) is 2. The summed E-state index contributed by atoms with van der Waals surface area (Å²) >= 11 is 0. The molecule has 6 heteroatoms. The van der Waals surface area contributed by atoms with E-state index < -0.39 is 23.9 Å². The highest BCUT2D eigenvalue weighted by Crippen LogP contribution is 2.25. The lowest BCUT2D eigenvalue weighted by atomic mass is 9.82. The Labute approximate surface area is 170 Å². The Bertz CT molecular complexity index is 825. The molecular formula is C23H26O6. The molecule has 2 rings (SSSR count). The fraction of sp³-hybridized carbons (Fsp3) is 0.304. The standard InChI is InChI=1S/C23H26O6/c1-28-20-7-3-17(4-8-20)13-19(22(26)27)11-12-23(15-24,16-25)14-18-5-9-21(29-2)10-6-18/h3-12,15,19,25H,13-14,16H2,1-2H3,(H,26,27). The van der Waals surface area contributed by atoms with Crippen molar-refractivity contribution in [3.05, 3.63) is 71.8 Å². The van der Waals surface area contributed by atoms with E-state index >= 15 is 0 Å². The highest BCUT2D eigenvalue weighted by molar-refractivity contribution is 5.73. The third-order valence-corrected chi connectivity index (χ3v) is 4.81. The SMILES string of the molecule is COc1ccc(CC(C=CC(C=O)(CO)Cc2ccc(OC)cc2)C(=O)O)cc1. The molecule has 0 aliphatic heterocycles. The van der Waals surface area contributed by atoms with Crippen molar-refractivity contribution in [1.82, 2.24) is 0 Å². The maximum Gasteiger partial charge on any atom is 0.310 e. The van der Waals surface area contributed by atoms with Crippen LogP contribution in [0.4, 0.5) is 0 Å². The number of aldehydes is 1. The molecule has 2 atom stereocenters. The Morgan fingerprint density at radius 3 is 1.93 bits per heavy atom. The van der Waals surface area contributed by atoms with Crippen molar-refractivity contribution in [2.45, 2.75) is 12.8 Å². The fourth-order valence-corrected chi connectivity index (χ4v) is 2.97. The molecule has 6 nitrogen and oxygen atoms in total. The molecule has 0 aliphatic carbocycles. The molecule has 0 radical (unpaired) electrons. The van der Waals surface area contributed by atoms with Gasteiger partial charge in [0.1, 0.15) is 17.8 Å². The topological polar surface area (TPSA) is 93.1 Å². The zero-order valence-electron chi connectivity index (χ0n) is 16.6. The van der Waals surface area contributed by atoms with Crippen LogP contribution in [0.25, 0.3) is 0 Å². The predicted molar refractivity (Wildman–Crippen MR) is 109 cm³/mol. The smallest absolute Gasteiger partial charge is 0.310 e. The highest BCUT2D eigenvalue weighted by atomic mass is 16.5. The summed E-state index contributed by atoms with van der Waals surface area (Å²) < 4.78 is 10.2. The number of carboxylic acids is 1. The van der Waals surface area contributed by atoms with Crippen LogP contribution in [0.2, 0.25) is 0 Å². The van der Waals surface area contributed by atoms with Gasteiger partial charge in [-0.25, -0.2) is 0 Å². The van der Waals surface area contributed by atoms with Crippen LogP contribution in [0.5, 0.6) is 11.5 Å². The van der Waals surface area contributed by atoms with E-state index in [0.29, 0.717) is 17.8 Å². The number of carbonyl (C=O) groups is 2. The minimum absolute atomic E-state index is 0.252. The van der Waals surface area contributed by atoms with E-state index in [4.69, 9.17) is 9.47 Å². The van der Waals surface area contributed by atoms with E-state index in [9.17, 15) is 19.8 Å². The molecule has 0 heterocycles. The van der Waals surface area contributed by atoms with E-state index in [0.717, 1.165) is 11.1 Å². The maximum absolute atomic E-state index is 11.8. The summed E-state index contributed by atoms with van der Waals surface area (Å²) in [5.74, 6) is -0.448. The molecule has 2 unspecified atom stereocenters. The number of methoxy groups -OCH3 is 2. The first-order valence-electron chi connectivity index (χ1n) is 9.20. The van der Waals surface area contributed by atoms with E-state index in [-0.39, 0.29) is 12.8 Å². The van der Waals surface area contributed by atoms with Gasteiger partial charge in [-0.15, -0.1) is 0 Å². The Morgan fingerprint density at radius 1 is 1.00 bits per heavy atom. The average molecular weight is 398 g/mol. The van der Waals surface area contributed by atoms with Gasteiger partial charge in [-0.3, -0.25) is 4.79 Å². The van der Waals surface area contributed by atoms with Gasteiger partial charge in [0.15, 0.2) is 0 Å². The molecular weight excluding hydrogens is 372 g/mol. The third kappa shape index (κ3) is 6.19. The molecule has 0 amide bonds. The summed E-state index contributed by atoms with van der Waals surface area (Å²) in [7, 11) is 3.13. The van der Waals surface area contributed by atoms with Gasteiger partial charge in [-0.2, -0.15) is 0 Å². The molecule has 0 saturated carbocycles. The summed E-state index contributed by atoms with van der Waals surface area (Å²) in [4.78, 5) is 23.5. The van der Waals surface area contributed by atoms with E-state index in [1.54, 1.807) is 50.6 Å². The number of aliphatic hydroxyl groups excluding tert-OH is 1. The van der Waals surface area contributed by atoms with Gasteiger partial charge in [-0.05, 0) is 48.2 Å². The second-order valence-corrected chi connectivity index (χ2v) is 6.89. The molecule has 0 aromatic heterocycles. The molecule has 0 aliphatic rings. The number of carboxylic acid groups (broad SMARTS) is 1. The Balaban J connectivity index is 2.19. The Kier molecular flexibility index (Phi) is 7.98. The Hall–Kier alpha value is -3.12. The van der Waals surface area contributed by atoms with Crippen LogP contribution in [0, 0.1) is 11.3 Å². The van der Waals surface area contributed by atoms with E-state index in [1.165, 1.54) is 12.2 Å². The normalized spacial score (nSPS) is 14.2. The summed E-state index contributed by atoms with van der Waals surface area (Å²) in [5.41, 5.74) is 0.472. The van der Waals surface area contributed by atoms with E-state index in [1.807, 2.05) is 12.1 Å². The summed E-state index contributed by atoms with van der Waals surface area (Å²) in [6.45, 7) is -0.423. The van der Waals surface area contributed by atoms with Crippen LogP contribution in [-0.4, -0.2) is 43.3 Å². The van der Waals surface area contributed by atoms with Gasteiger partial charge in [0.05, 0.1) is 32.2 Å². The number of aliphatic carboxylic acids is 1. The summed E-state index contributed by atoms with van der Waals surface area (Å²) in [6, 6.07) is 14.3. The molecule has 0 spiro atoms. The van der Waals surface area contributed by atoms with Gasteiger partial charge >= 0.3 is 5.97 Å². The lowest BCUT2D eigenvalue weighted by molar-refractivity contribution is -0.140. The first-order valence-corrected chi connectivity index (χ1v) is 9.20. The lowest BCUT2D eigenvalue weighted by Gasteiger charge is -2.22. The van der Waals surface area contributed by atoms with Crippen LogP contribution in [-0.2, 0) is 22.4 Å². The number of benzene rings is 2. The minimum atomic E-state index is -1.19. The van der Waals surface area contributed by atoms with Gasteiger partial charge < -0.3 is 24.5 Å². The molecule has 2 aromatic carbocycles. The second-order valence-electron chi connectivity index (χ2n) is 6.89. The van der Waals surface area contributed by atoms with Crippen molar-refractivity contribution < 1.29 is 29.3 Å². The molecule has 0 bridgehead atoms. The summed E-state index contributed by atoms with van der Waals surface area (Å²) in [5, 5.41) is 19.5. The quantitative estimate of drug-likeness (QED) is 0.447. The monoisotopic (exact) mass is 398 g/mol. The zero-order valence-corrected chi connectivity index (χ0v) is 16.6. The number of carbonyl (C=O) groups excluding carboxylic acids is 1. The molecule has 29 heavy (non-hydrogen) atoms.